The zero-order valence-electron chi connectivity index (χ0n) is 12.3. The Hall–Kier alpha value is -3.01. The summed E-state index contributed by atoms with van der Waals surface area (Å²) in [6, 6.07) is 20.6. The summed E-state index contributed by atoms with van der Waals surface area (Å²) in [4.78, 5) is 17.1. The Bertz CT molecular complexity index is 734. The zero-order valence-corrected chi connectivity index (χ0v) is 12.3. The Balaban J connectivity index is 1.92. The maximum atomic E-state index is 13.0. The summed E-state index contributed by atoms with van der Waals surface area (Å²) in [6.45, 7) is 0. The Morgan fingerprint density at radius 1 is 0.913 bits per heavy atom. The van der Waals surface area contributed by atoms with Crippen molar-refractivity contribution in [3.05, 3.63) is 96.1 Å². The summed E-state index contributed by atoms with van der Waals surface area (Å²) in [6.07, 6.45) is 1.66. The van der Waals surface area contributed by atoms with Crippen LogP contribution in [-0.2, 0) is 4.79 Å². The van der Waals surface area contributed by atoms with Gasteiger partial charge in [-0.05, 0) is 42.0 Å². The zero-order chi connectivity index (χ0) is 16.1. The van der Waals surface area contributed by atoms with Crippen LogP contribution < -0.4 is 5.32 Å². The van der Waals surface area contributed by atoms with Gasteiger partial charge in [0.2, 0.25) is 5.91 Å². The second-order valence-electron chi connectivity index (χ2n) is 5.09. The van der Waals surface area contributed by atoms with E-state index in [1.807, 2.05) is 48.5 Å². The van der Waals surface area contributed by atoms with E-state index in [2.05, 4.69) is 10.3 Å². The molecule has 0 aliphatic carbocycles. The summed E-state index contributed by atoms with van der Waals surface area (Å²) in [5, 5.41) is 2.82. The lowest BCUT2D eigenvalue weighted by Crippen LogP contribution is -2.23. The maximum absolute atomic E-state index is 13.0. The summed E-state index contributed by atoms with van der Waals surface area (Å²) >= 11 is 0. The van der Waals surface area contributed by atoms with Gasteiger partial charge in [-0.15, -0.1) is 0 Å². The Morgan fingerprint density at radius 2 is 1.61 bits per heavy atom. The molecule has 0 fully saturated rings. The number of carbonyl (C=O) groups excluding carboxylic acids is 1. The van der Waals surface area contributed by atoms with Crippen LogP contribution >= 0.6 is 0 Å². The number of carbonyl (C=O) groups is 1. The van der Waals surface area contributed by atoms with Crippen LogP contribution in [0.3, 0.4) is 0 Å². The first kappa shape index (κ1) is 14.9. The van der Waals surface area contributed by atoms with Crippen LogP contribution in [0.25, 0.3) is 0 Å². The molecule has 3 nitrogen and oxygen atoms in total. The summed E-state index contributed by atoms with van der Waals surface area (Å²) in [5.41, 5.74) is 2.07. The number of nitrogens with one attached hydrogen (secondary N) is 1. The minimum atomic E-state index is -0.526. The van der Waals surface area contributed by atoms with Crippen LogP contribution in [0, 0.1) is 5.82 Å². The van der Waals surface area contributed by atoms with Crippen LogP contribution in [0.15, 0.2) is 79.0 Å². The highest BCUT2D eigenvalue weighted by atomic mass is 19.1. The number of hydrogen-bond acceptors (Lipinski definition) is 2. The molecule has 0 radical (unpaired) electrons. The first-order chi connectivity index (χ1) is 11.2. The standard InChI is InChI=1S/C19H15FN2O/c20-15-9-11-16(12-10-15)22-19(23)18(14-6-2-1-3-7-14)17-8-4-5-13-21-17/h1-13,18H,(H,22,23). The minimum Gasteiger partial charge on any atom is -0.325 e. The maximum Gasteiger partial charge on any atom is 0.237 e. The van der Waals surface area contributed by atoms with Gasteiger partial charge in [-0.1, -0.05) is 36.4 Å². The average Bonchev–Trinajstić information content (AvgIpc) is 2.59. The molecule has 0 saturated heterocycles. The molecule has 2 aromatic carbocycles. The average molecular weight is 306 g/mol. The van der Waals surface area contributed by atoms with Crippen molar-refractivity contribution in [1.82, 2.24) is 4.98 Å². The highest BCUT2D eigenvalue weighted by Gasteiger charge is 2.23. The van der Waals surface area contributed by atoms with Gasteiger partial charge in [-0.2, -0.15) is 0 Å². The number of rotatable bonds is 4. The lowest BCUT2D eigenvalue weighted by molar-refractivity contribution is -0.116. The molecule has 23 heavy (non-hydrogen) atoms. The third kappa shape index (κ3) is 3.61. The predicted octanol–water partition coefficient (Wildman–Crippen LogP) is 3.99. The van der Waals surface area contributed by atoms with E-state index in [0.717, 1.165) is 5.56 Å². The van der Waals surface area contributed by atoms with E-state index in [-0.39, 0.29) is 11.7 Å². The highest BCUT2D eigenvalue weighted by Crippen LogP contribution is 2.24. The third-order valence-electron chi connectivity index (χ3n) is 3.49. The number of nitrogens with zero attached hydrogens (tertiary/aromatic N) is 1. The van der Waals surface area contributed by atoms with Crippen molar-refractivity contribution in [2.24, 2.45) is 0 Å². The first-order valence-corrected chi connectivity index (χ1v) is 7.26. The van der Waals surface area contributed by atoms with E-state index in [4.69, 9.17) is 0 Å². The third-order valence-corrected chi connectivity index (χ3v) is 3.49. The SMILES string of the molecule is O=C(Nc1ccc(F)cc1)C(c1ccccc1)c1ccccn1. The molecule has 1 unspecified atom stereocenters. The fraction of sp³-hybridized carbons (Fsp3) is 0.0526. The van der Waals surface area contributed by atoms with Crippen molar-refractivity contribution >= 4 is 11.6 Å². The molecule has 0 saturated carbocycles. The van der Waals surface area contributed by atoms with Crippen LogP contribution in [0.2, 0.25) is 0 Å². The molecule has 1 heterocycles. The second kappa shape index (κ2) is 6.83. The molecule has 1 aromatic heterocycles. The van der Waals surface area contributed by atoms with Gasteiger partial charge in [0, 0.05) is 11.9 Å². The molecule has 1 atom stereocenters. The number of hydrogen-bond donors (Lipinski definition) is 1. The van der Waals surface area contributed by atoms with E-state index in [1.54, 1.807) is 6.20 Å². The van der Waals surface area contributed by atoms with Crippen LogP contribution in [-0.4, -0.2) is 10.9 Å². The number of aromatic nitrogens is 1. The molecule has 3 aromatic rings. The van der Waals surface area contributed by atoms with Gasteiger partial charge < -0.3 is 5.32 Å². The van der Waals surface area contributed by atoms with Gasteiger partial charge in [-0.25, -0.2) is 4.39 Å². The molecule has 0 aliphatic heterocycles. The van der Waals surface area contributed by atoms with Crippen molar-refractivity contribution in [2.75, 3.05) is 5.32 Å². The topological polar surface area (TPSA) is 42.0 Å². The largest absolute Gasteiger partial charge is 0.325 e. The first-order valence-electron chi connectivity index (χ1n) is 7.26. The summed E-state index contributed by atoms with van der Waals surface area (Å²) in [7, 11) is 0. The van der Waals surface area contributed by atoms with Gasteiger partial charge in [0.25, 0.3) is 0 Å². The van der Waals surface area contributed by atoms with Crippen LogP contribution in [0.1, 0.15) is 17.2 Å². The Kier molecular flexibility index (Phi) is 4.43. The second-order valence-corrected chi connectivity index (χ2v) is 5.09. The molecular formula is C19H15FN2O. The number of halogens is 1. The van der Waals surface area contributed by atoms with Crippen molar-refractivity contribution in [3.63, 3.8) is 0 Å². The van der Waals surface area contributed by atoms with Crippen molar-refractivity contribution in [3.8, 4) is 0 Å². The minimum absolute atomic E-state index is 0.207. The van der Waals surface area contributed by atoms with Gasteiger partial charge in [0.15, 0.2) is 0 Å². The van der Waals surface area contributed by atoms with E-state index in [0.29, 0.717) is 11.4 Å². The predicted molar refractivity (Wildman–Crippen MR) is 87.6 cm³/mol. The lowest BCUT2D eigenvalue weighted by atomic mass is 9.94. The monoisotopic (exact) mass is 306 g/mol. The number of anilines is 1. The van der Waals surface area contributed by atoms with Gasteiger partial charge in [-0.3, -0.25) is 9.78 Å². The molecule has 3 rings (SSSR count). The molecular weight excluding hydrogens is 291 g/mol. The quantitative estimate of drug-likeness (QED) is 0.792. The van der Waals surface area contributed by atoms with Crippen LogP contribution in [0.5, 0.6) is 0 Å². The Morgan fingerprint density at radius 3 is 2.26 bits per heavy atom. The Labute approximate surface area is 133 Å². The number of pyridine rings is 1. The van der Waals surface area contributed by atoms with Gasteiger partial charge >= 0.3 is 0 Å². The smallest absolute Gasteiger partial charge is 0.237 e. The summed E-state index contributed by atoms with van der Waals surface area (Å²) < 4.78 is 13.0. The molecule has 1 N–H and O–H groups in total. The number of amides is 1. The van der Waals surface area contributed by atoms with E-state index < -0.39 is 5.92 Å². The molecule has 114 valence electrons. The van der Waals surface area contributed by atoms with Crippen molar-refractivity contribution in [1.29, 1.82) is 0 Å². The van der Waals surface area contributed by atoms with Crippen LogP contribution in [0.4, 0.5) is 10.1 Å². The molecule has 0 spiro atoms. The fourth-order valence-electron chi connectivity index (χ4n) is 2.40. The fourth-order valence-corrected chi connectivity index (χ4v) is 2.40. The lowest BCUT2D eigenvalue weighted by Gasteiger charge is -2.17. The molecule has 4 heteroatoms. The molecule has 0 bridgehead atoms. The summed E-state index contributed by atoms with van der Waals surface area (Å²) in [5.74, 6) is -1.07. The molecule has 0 aliphatic rings. The van der Waals surface area contributed by atoms with Crippen molar-refractivity contribution < 1.29 is 9.18 Å². The highest BCUT2D eigenvalue weighted by molar-refractivity contribution is 5.97. The van der Waals surface area contributed by atoms with E-state index >= 15 is 0 Å². The van der Waals surface area contributed by atoms with Crippen molar-refractivity contribution in [2.45, 2.75) is 5.92 Å². The van der Waals surface area contributed by atoms with Gasteiger partial charge in [0.05, 0.1) is 5.69 Å². The normalized spacial score (nSPS) is 11.7. The van der Waals surface area contributed by atoms with Gasteiger partial charge in [0.1, 0.15) is 11.7 Å². The van der Waals surface area contributed by atoms with E-state index in [1.165, 1.54) is 24.3 Å². The molecule has 1 amide bonds. The number of benzene rings is 2. The van der Waals surface area contributed by atoms with E-state index in [9.17, 15) is 9.18 Å².